The fourth-order valence-corrected chi connectivity index (χ4v) is 1.34. The number of nitrogens with one attached hydrogen (secondary N) is 1. The van der Waals surface area contributed by atoms with Gasteiger partial charge in [0.25, 0.3) is 0 Å². The highest BCUT2D eigenvalue weighted by Crippen LogP contribution is 2.23. The first-order valence-electron chi connectivity index (χ1n) is 4.67. The normalized spacial score (nSPS) is 26.2. The van der Waals surface area contributed by atoms with E-state index >= 15 is 0 Å². The van der Waals surface area contributed by atoms with Gasteiger partial charge in [-0.15, -0.1) is 6.42 Å². The van der Waals surface area contributed by atoms with Crippen LogP contribution in [0.15, 0.2) is 12.2 Å². The molecule has 1 saturated carbocycles. The molecule has 2 nitrogen and oxygen atoms in total. The summed E-state index contributed by atoms with van der Waals surface area (Å²) >= 11 is 0. The van der Waals surface area contributed by atoms with E-state index in [1.807, 2.05) is 6.92 Å². The number of hydrogen-bond acceptors (Lipinski definition) is 2. The van der Waals surface area contributed by atoms with Gasteiger partial charge in [-0.1, -0.05) is 18.1 Å². The Morgan fingerprint density at radius 3 is 2.92 bits per heavy atom. The van der Waals surface area contributed by atoms with Crippen LogP contribution in [0.3, 0.4) is 0 Å². The largest absolute Gasteiger partial charge is 0.372 e. The average molecular weight is 179 g/mol. The van der Waals surface area contributed by atoms with E-state index in [1.165, 1.54) is 6.42 Å². The SMILES string of the molecule is C#CCNC1CCC1OCC(=C)C. The molecular weight excluding hydrogens is 162 g/mol. The van der Waals surface area contributed by atoms with Crippen molar-refractivity contribution < 1.29 is 4.74 Å². The molecule has 0 aliphatic heterocycles. The highest BCUT2D eigenvalue weighted by Gasteiger charge is 2.30. The molecule has 2 atom stereocenters. The number of ether oxygens (including phenoxy) is 1. The Kier molecular flexibility index (Phi) is 4.01. The van der Waals surface area contributed by atoms with Crippen molar-refractivity contribution in [1.29, 1.82) is 0 Å². The lowest BCUT2D eigenvalue weighted by Crippen LogP contribution is -2.49. The molecule has 13 heavy (non-hydrogen) atoms. The second-order valence-electron chi connectivity index (χ2n) is 3.58. The molecule has 1 rings (SSSR count). The summed E-state index contributed by atoms with van der Waals surface area (Å²) in [5.74, 6) is 2.57. The van der Waals surface area contributed by atoms with Crippen LogP contribution in [0.2, 0.25) is 0 Å². The van der Waals surface area contributed by atoms with Crippen molar-refractivity contribution in [2.24, 2.45) is 0 Å². The van der Waals surface area contributed by atoms with Gasteiger partial charge in [-0.3, -0.25) is 0 Å². The zero-order chi connectivity index (χ0) is 9.68. The smallest absolute Gasteiger partial charge is 0.0733 e. The number of hydrogen-bond donors (Lipinski definition) is 1. The summed E-state index contributed by atoms with van der Waals surface area (Å²) in [6.45, 7) is 7.07. The van der Waals surface area contributed by atoms with Gasteiger partial charge in [-0.05, 0) is 19.8 Å². The second-order valence-corrected chi connectivity index (χ2v) is 3.58. The maximum absolute atomic E-state index is 5.62. The molecule has 1 fully saturated rings. The minimum atomic E-state index is 0.338. The fourth-order valence-electron chi connectivity index (χ4n) is 1.34. The minimum absolute atomic E-state index is 0.338. The lowest BCUT2D eigenvalue weighted by atomic mass is 9.89. The van der Waals surface area contributed by atoms with Gasteiger partial charge in [0.15, 0.2) is 0 Å². The predicted molar refractivity (Wildman–Crippen MR) is 54.4 cm³/mol. The molecule has 0 amide bonds. The fraction of sp³-hybridized carbons (Fsp3) is 0.636. The second kappa shape index (κ2) is 5.06. The topological polar surface area (TPSA) is 21.3 Å². The standard InChI is InChI=1S/C11H17NO/c1-4-7-12-10-5-6-11(10)13-8-9(2)3/h1,10-12H,2,5-8H2,3H3. The van der Waals surface area contributed by atoms with Crippen LogP contribution in [0.25, 0.3) is 0 Å². The monoisotopic (exact) mass is 179 g/mol. The Hall–Kier alpha value is -0.780. The van der Waals surface area contributed by atoms with E-state index in [-0.39, 0.29) is 0 Å². The molecule has 0 aromatic carbocycles. The molecular formula is C11H17NO. The van der Waals surface area contributed by atoms with Gasteiger partial charge < -0.3 is 10.1 Å². The van der Waals surface area contributed by atoms with E-state index in [4.69, 9.17) is 11.2 Å². The van der Waals surface area contributed by atoms with Crippen molar-refractivity contribution in [2.45, 2.75) is 31.9 Å². The minimum Gasteiger partial charge on any atom is -0.372 e. The van der Waals surface area contributed by atoms with E-state index in [9.17, 15) is 0 Å². The Balaban J connectivity index is 2.14. The van der Waals surface area contributed by atoms with Crippen molar-refractivity contribution in [1.82, 2.24) is 5.32 Å². The van der Waals surface area contributed by atoms with Gasteiger partial charge in [0.2, 0.25) is 0 Å². The molecule has 0 bridgehead atoms. The summed E-state index contributed by atoms with van der Waals surface area (Å²) in [6.07, 6.45) is 7.80. The third kappa shape index (κ3) is 3.22. The summed E-state index contributed by atoms with van der Waals surface area (Å²) in [6, 6.07) is 0.454. The summed E-state index contributed by atoms with van der Waals surface area (Å²) in [4.78, 5) is 0. The van der Waals surface area contributed by atoms with Crippen LogP contribution in [0.5, 0.6) is 0 Å². The summed E-state index contributed by atoms with van der Waals surface area (Å²) in [7, 11) is 0. The maximum atomic E-state index is 5.62. The van der Waals surface area contributed by atoms with Crippen LogP contribution in [0, 0.1) is 12.3 Å². The molecule has 1 aliphatic rings. The van der Waals surface area contributed by atoms with Gasteiger partial charge in [0, 0.05) is 6.04 Å². The van der Waals surface area contributed by atoms with Gasteiger partial charge in [-0.2, -0.15) is 0 Å². The molecule has 0 radical (unpaired) electrons. The number of terminal acetylenes is 1. The van der Waals surface area contributed by atoms with Gasteiger partial charge in [0.05, 0.1) is 19.3 Å². The van der Waals surface area contributed by atoms with Crippen LogP contribution < -0.4 is 5.32 Å². The average Bonchev–Trinajstić information content (AvgIpc) is 2.03. The lowest BCUT2D eigenvalue weighted by Gasteiger charge is -2.36. The number of rotatable bonds is 5. The van der Waals surface area contributed by atoms with Crippen LogP contribution >= 0.6 is 0 Å². The van der Waals surface area contributed by atoms with E-state index in [0.717, 1.165) is 12.0 Å². The van der Waals surface area contributed by atoms with E-state index in [1.54, 1.807) is 0 Å². The van der Waals surface area contributed by atoms with E-state index in [2.05, 4.69) is 17.8 Å². The molecule has 0 aromatic heterocycles. The predicted octanol–water partition coefficient (Wildman–Crippen LogP) is 1.33. The Morgan fingerprint density at radius 2 is 2.46 bits per heavy atom. The third-order valence-electron chi connectivity index (χ3n) is 2.22. The van der Waals surface area contributed by atoms with Gasteiger partial charge in [-0.25, -0.2) is 0 Å². The molecule has 0 aromatic rings. The molecule has 2 heteroatoms. The van der Waals surface area contributed by atoms with Crippen molar-refractivity contribution >= 4 is 0 Å². The van der Waals surface area contributed by atoms with Crippen LogP contribution in [0.4, 0.5) is 0 Å². The first-order chi connectivity index (χ1) is 6.24. The Bertz CT molecular complexity index is 217. The Morgan fingerprint density at radius 1 is 1.69 bits per heavy atom. The lowest BCUT2D eigenvalue weighted by molar-refractivity contribution is -0.0136. The van der Waals surface area contributed by atoms with Crippen molar-refractivity contribution in [3.05, 3.63) is 12.2 Å². The maximum Gasteiger partial charge on any atom is 0.0733 e. The highest BCUT2D eigenvalue weighted by molar-refractivity contribution is 4.95. The van der Waals surface area contributed by atoms with E-state index < -0.39 is 0 Å². The quantitative estimate of drug-likeness (QED) is 0.508. The van der Waals surface area contributed by atoms with Gasteiger partial charge in [0.1, 0.15) is 0 Å². The highest BCUT2D eigenvalue weighted by atomic mass is 16.5. The Labute approximate surface area is 80.4 Å². The van der Waals surface area contributed by atoms with Crippen LogP contribution in [0.1, 0.15) is 19.8 Å². The summed E-state index contributed by atoms with van der Waals surface area (Å²) < 4.78 is 5.62. The van der Waals surface area contributed by atoms with Gasteiger partial charge >= 0.3 is 0 Å². The first-order valence-corrected chi connectivity index (χ1v) is 4.67. The van der Waals surface area contributed by atoms with Crippen molar-refractivity contribution in [2.75, 3.05) is 13.2 Å². The molecule has 1 aliphatic carbocycles. The molecule has 1 N–H and O–H groups in total. The zero-order valence-corrected chi connectivity index (χ0v) is 8.18. The zero-order valence-electron chi connectivity index (χ0n) is 8.18. The van der Waals surface area contributed by atoms with E-state index in [0.29, 0.717) is 25.3 Å². The third-order valence-corrected chi connectivity index (χ3v) is 2.22. The van der Waals surface area contributed by atoms with Crippen LogP contribution in [-0.2, 0) is 4.74 Å². The summed E-state index contributed by atoms with van der Waals surface area (Å²) in [5.41, 5.74) is 1.07. The molecule has 0 heterocycles. The molecule has 0 spiro atoms. The molecule has 2 unspecified atom stereocenters. The molecule has 0 saturated heterocycles. The van der Waals surface area contributed by atoms with Crippen molar-refractivity contribution in [3.8, 4) is 12.3 Å². The molecule has 72 valence electrons. The summed E-state index contributed by atoms with van der Waals surface area (Å²) in [5, 5.41) is 3.25. The van der Waals surface area contributed by atoms with Crippen LogP contribution in [-0.4, -0.2) is 25.3 Å². The first kappa shape index (κ1) is 10.3. The van der Waals surface area contributed by atoms with Crippen molar-refractivity contribution in [3.63, 3.8) is 0 Å².